The molecule has 0 aliphatic heterocycles. The van der Waals surface area contributed by atoms with Gasteiger partial charge < -0.3 is 14.8 Å². The van der Waals surface area contributed by atoms with Gasteiger partial charge >= 0.3 is 0 Å². The maximum atomic E-state index is 12.2. The van der Waals surface area contributed by atoms with E-state index in [4.69, 9.17) is 9.47 Å². The number of ether oxygens (including phenoxy) is 2. The third kappa shape index (κ3) is 3.99. The van der Waals surface area contributed by atoms with Crippen LogP contribution in [0.4, 0.5) is 0 Å². The summed E-state index contributed by atoms with van der Waals surface area (Å²) in [7, 11) is 3.23. The molecule has 1 aromatic heterocycles. The van der Waals surface area contributed by atoms with Gasteiger partial charge in [-0.2, -0.15) is 0 Å². The lowest BCUT2D eigenvalue weighted by Gasteiger charge is -2.05. The van der Waals surface area contributed by atoms with E-state index in [0.717, 1.165) is 23.5 Å². The summed E-state index contributed by atoms with van der Waals surface area (Å²) in [5.74, 6) is 0.547. The Balaban J connectivity index is 2.12. The quantitative estimate of drug-likeness (QED) is 0.792. The number of aromatic nitrogens is 2. The molecule has 1 heterocycles. The van der Waals surface area contributed by atoms with Crippen LogP contribution in [-0.2, 0) is 4.74 Å². The van der Waals surface area contributed by atoms with Gasteiger partial charge in [0.1, 0.15) is 16.3 Å². The highest BCUT2D eigenvalue weighted by molar-refractivity contribution is 7.08. The van der Waals surface area contributed by atoms with Crippen molar-refractivity contribution in [2.45, 2.75) is 6.42 Å². The Bertz CT molecular complexity index is 601. The summed E-state index contributed by atoms with van der Waals surface area (Å²) in [5, 5.41) is 6.89. The lowest BCUT2D eigenvalue weighted by Crippen LogP contribution is -2.24. The number of amides is 1. The summed E-state index contributed by atoms with van der Waals surface area (Å²) >= 11 is 1.08. The average molecular weight is 307 g/mol. The van der Waals surface area contributed by atoms with E-state index in [-0.39, 0.29) is 5.91 Å². The molecule has 0 unspecified atom stereocenters. The molecule has 2 aromatic rings. The van der Waals surface area contributed by atoms with Crippen molar-refractivity contribution in [3.05, 3.63) is 29.1 Å². The Hall–Kier alpha value is -1.99. The van der Waals surface area contributed by atoms with Crippen LogP contribution in [0.5, 0.6) is 5.75 Å². The molecule has 0 radical (unpaired) electrons. The number of hydrogen-bond acceptors (Lipinski definition) is 6. The minimum Gasteiger partial charge on any atom is -0.497 e. The molecule has 0 spiro atoms. The van der Waals surface area contributed by atoms with Crippen LogP contribution in [0.25, 0.3) is 11.3 Å². The van der Waals surface area contributed by atoms with Gasteiger partial charge in [-0.05, 0) is 30.1 Å². The van der Waals surface area contributed by atoms with E-state index in [1.807, 2.05) is 24.3 Å². The smallest absolute Gasteiger partial charge is 0.265 e. The van der Waals surface area contributed by atoms with Crippen LogP contribution in [0.15, 0.2) is 24.3 Å². The second-order valence-electron chi connectivity index (χ2n) is 4.28. The van der Waals surface area contributed by atoms with Crippen molar-refractivity contribution >= 4 is 17.4 Å². The van der Waals surface area contributed by atoms with Crippen molar-refractivity contribution in [1.82, 2.24) is 14.9 Å². The van der Waals surface area contributed by atoms with Gasteiger partial charge in [0.15, 0.2) is 0 Å². The van der Waals surface area contributed by atoms with E-state index in [0.29, 0.717) is 29.5 Å². The average Bonchev–Trinajstić information content (AvgIpc) is 3.01. The second kappa shape index (κ2) is 7.70. The van der Waals surface area contributed by atoms with E-state index in [1.165, 1.54) is 0 Å². The van der Waals surface area contributed by atoms with Gasteiger partial charge in [-0.15, -0.1) is 5.10 Å². The molecule has 1 amide bonds. The van der Waals surface area contributed by atoms with Gasteiger partial charge in [-0.3, -0.25) is 4.79 Å². The van der Waals surface area contributed by atoms with Crippen LogP contribution >= 0.6 is 11.5 Å². The topological polar surface area (TPSA) is 73.3 Å². The molecular formula is C14H17N3O3S. The van der Waals surface area contributed by atoms with Crippen molar-refractivity contribution in [2.75, 3.05) is 27.4 Å². The molecule has 0 saturated heterocycles. The number of carbonyl (C=O) groups excluding carboxylic acids is 1. The predicted molar refractivity (Wildman–Crippen MR) is 80.7 cm³/mol. The molecule has 1 N–H and O–H groups in total. The van der Waals surface area contributed by atoms with Crippen LogP contribution in [0.1, 0.15) is 16.1 Å². The third-order valence-corrected chi connectivity index (χ3v) is 3.57. The monoisotopic (exact) mass is 307 g/mol. The van der Waals surface area contributed by atoms with Gasteiger partial charge in [-0.1, -0.05) is 16.6 Å². The highest BCUT2D eigenvalue weighted by Crippen LogP contribution is 2.26. The molecule has 1 aromatic carbocycles. The van der Waals surface area contributed by atoms with Gasteiger partial charge in [0.25, 0.3) is 5.91 Å². The Morgan fingerprint density at radius 2 is 2.24 bits per heavy atom. The fourth-order valence-electron chi connectivity index (χ4n) is 1.80. The maximum absolute atomic E-state index is 12.2. The molecule has 7 heteroatoms. The Morgan fingerprint density at radius 1 is 1.38 bits per heavy atom. The van der Waals surface area contributed by atoms with Crippen LogP contribution in [0, 0.1) is 0 Å². The standard InChI is InChI=1S/C14H17N3O3S/c1-19-8-4-7-15-14(18)13-12(16-17-21-13)10-5-3-6-11(9-10)20-2/h3,5-6,9H,4,7-8H2,1-2H3,(H,15,18). The number of benzene rings is 1. The first-order valence-electron chi connectivity index (χ1n) is 6.50. The van der Waals surface area contributed by atoms with E-state index in [1.54, 1.807) is 14.2 Å². The molecule has 0 atom stereocenters. The summed E-state index contributed by atoms with van der Waals surface area (Å²) in [5.41, 5.74) is 1.38. The zero-order chi connectivity index (χ0) is 15.1. The van der Waals surface area contributed by atoms with Crippen molar-refractivity contribution < 1.29 is 14.3 Å². The minimum atomic E-state index is -0.168. The normalized spacial score (nSPS) is 10.4. The zero-order valence-electron chi connectivity index (χ0n) is 12.0. The SMILES string of the molecule is COCCCNC(=O)c1snnc1-c1cccc(OC)c1. The Morgan fingerprint density at radius 3 is 3.00 bits per heavy atom. The van der Waals surface area contributed by atoms with E-state index >= 15 is 0 Å². The fourth-order valence-corrected chi connectivity index (χ4v) is 2.40. The first-order valence-corrected chi connectivity index (χ1v) is 7.27. The second-order valence-corrected chi connectivity index (χ2v) is 5.04. The molecule has 0 aliphatic carbocycles. The molecule has 0 fully saturated rings. The van der Waals surface area contributed by atoms with E-state index in [9.17, 15) is 4.79 Å². The lowest BCUT2D eigenvalue weighted by molar-refractivity contribution is 0.0953. The minimum absolute atomic E-state index is 0.168. The molecule has 6 nitrogen and oxygen atoms in total. The number of hydrogen-bond donors (Lipinski definition) is 1. The molecular weight excluding hydrogens is 290 g/mol. The summed E-state index contributed by atoms with van der Waals surface area (Å²) in [6.07, 6.45) is 0.767. The largest absolute Gasteiger partial charge is 0.497 e. The van der Waals surface area contributed by atoms with Crippen molar-refractivity contribution in [1.29, 1.82) is 0 Å². The third-order valence-electron chi connectivity index (χ3n) is 2.85. The first kappa shape index (κ1) is 15.4. The van der Waals surface area contributed by atoms with Crippen molar-refractivity contribution in [3.8, 4) is 17.0 Å². The van der Waals surface area contributed by atoms with Crippen LogP contribution in [0.2, 0.25) is 0 Å². The van der Waals surface area contributed by atoms with Crippen molar-refractivity contribution in [2.24, 2.45) is 0 Å². The highest BCUT2D eigenvalue weighted by Gasteiger charge is 2.17. The maximum Gasteiger partial charge on any atom is 0.265 e. The van der Waals surface area contributed by atoms with Gasteiger partial charge in [0, 0.05) is 25.8 Å². The lowest BCUT2D eigenvalue weighted by atomic mass is 10.1. The van der Waals surface area contributed by atoms with Crippen LogP contribution in [-0.4, -0.2) is 42.9 Å². The zero-order valence-corrected chi connectivity index (χ0v) is 12.8. The summed E-state index contributed by atoms with van der Waals surface area (Å²) in [4.78, 5) is 12.7. The molecule has 112 valence electrons. The van der Waals surface area contributed by atoms with Crippen LogP contribution < -0.4 is 10.1 Å². The highest BCUT2D eigenvalue weighted by atomic mass is 32.1. The van der Waals surface area contributed by atoms with Crippen molar-refractivity contribution in [3.63, 3.8) is 0 Å². The Kier molecular flexibility index (Phi) is 5.65. The number of methoxy groups -OCH3 is 2. The fraction of sp³-hybridized carbons (Fsp3) is 0.357. The number of nitrogens with zero attached hydrogens (tertiary/aromatic N) is 2. The molecule has 0 bridgehead atoms. The van der Waals surface area contributed by atoms with E-state index < -0.39 is 0 Å². The summed E-state index contributed by atoms with van der Waals surface area (Å²) < 4.78 is 14.0. The van der Waals surface area contributed by atoms with Gasteiger partial charge in [0.05, 0.1) is 7.11 Å². The number of carbonyl (C=O) groups is 1. The molecule has 2 rings (SSSR count). The summed E-state index contributed by atoms with van der Waals surface area (Å²) in [6.45, 7) is 1.17. The van der Waals surface area contributed by atoms with Gasteiger partial charge in [-0.25, -0.2) is 0 Å². The number of rotatable bonds is 7. The molecule has 0 saturated carbocycles. The Labute approximate surface area is 127 Å². The molecule has 0 aliphatic rings. The van der Waals surface area contributed by atoms with E-state index in [2.05, 4.69) is 14.9 Å². The first-order chi connectivity index (χ1) is 10.3. The molecule has 21 heavy (non-hydrogen) atoms. The summed E-state index contributed by atoms with van der Waals surface area (Å²) in [6, 6.07) is 7.40. The predicted octanol–water partition coefficient (Wildman–Crippen LogP) is 1.98. The van der Waals surface area contributed by atoms with Gasteiger partial charge in [0.2, 0.25) is 0 Å². The van der Waals surface area contributed by atoms with Crippen LogP contribution in [0.3, 0.4) is 0 Å². The number of nitrogens with one attached hydrogen (secondary N) is 1.